The first-order valence-electron chi connectivity index (χ1n) is 10.1. The Morgan fingerprint density at radius 3 is 2.33 bits per heavy atom. The first kappa shape index (κ1) is 25.6. The Bertz CT molecular complexity index is 804. The third-order valence-corrected chi connectivity index (χ3v) is 5.38. The average molecular weight is 476 g/mol. The second-order valence-electron chi connectivity index (χ2n) is 7.57. The van der Waals surface area contributed by atoms with Gasteiger partial charge in [0.05, 0.1) is 27.4 Å². The fourth-order valence-electron chi connectivity index (χ4n) is 3.40. The number of carbonyl (C=O) groups excluding carboxylic acids is 1. The Labute approximate surface area is 188 Å². The number of aliphatic hydroxyl groups excluding tert-OH is 6. The highest BCUT2D eigenvalue weighted by Gasteiger charge is 2.46. The van der Waals surface area contributed by atoms with E-state index >= 15 is 0 Å². The number of aliphatic hydroxyl groups is 6. The van der Waals surface area contributed by atoms with Crippen molar-refractivity contribution in [1.82, 2.24) is 0 Å². The van der Waals surface area contributed by atoms with E-state index in [0.717, 1.165) is 0 Å². The molecule has 0 saturated carbocycles. The van der Waals surface area contributed by atoms with E-state index in [-0.39, 0.29) is 17.9 Å². The van der Waals surface area contributed by atoms with Crippen molar-refractivity contribution >= 4 is 5.97 Å². The van der Waals surface area contributed by atoms with Crippen LogP contribution in [0.25, 0.3) is 0 Å². The van der Waals surface area contributed by atoms with Gasteiger partial charge in [-0.2, -0.15) is 0 Å². The molecule has 2 aliphatic heterocycles. The summed E-state index contributed by atoms with van der Waals surface area (Å²) in [6.45, 7) is -0.736. The Balaban J connectivity index is 1.71. The van der Waals surface area contributed by atoms with Gasteiger partial charge in [-0.25, -0.2) is 4.79 Å². The number of hydrogen-bond donors (Lipinski definition) is 6. The number of ether oxygens (including phenoxy) is 6. The van der Waals surface area contributed by atoms with E-state index in [9.17, 15) is 35.4 Å². The lowest BCUT2D eigenvalue weighted by Gasteiger charge is -2.41. The smallest absolute Gasteiger partial charge is 0.341 e. The highest BCUT2D eigenvalue weighted by atomic mass is 16.7. The van der Waals surface area contributed by atoms with Crippen molar-refractivity contribution in [2.75, 3.05) is 27.4 Å². The molecule has 0 aliphatic carbocycles. The van der Waals surface area contributed by atoms with Crippen LogP contribution >= 0.6 is 0 Å². The number of carbonyl (C=O) groups is 1. The van der Waals surface area contributed by atoms with Gasteiger partial charge < -0.3 is 59.1 Å². The maximum Gasteiger partial charge on any atom is 0.341 e. The summed E-state index contributed by atoms with van der Waals surface area (Å²) >= 11 is 0. The van der Waals surface area contributed by atoms with Crippen molar-refractivity contribution in [3.63, 3.8) is 0 Å². The summed E-state index contributed by atoms with van der Waals surface area (Å²) in [5, 5.41) is 60.1. The van der Waals surface area contributed by atoms with E-state index in [1.165, 1.54) is 32.4 Å². The molecule has 33 heavy (non-hydrogen) atoms. The second-order valence-corrected chi connectivity index (χ2v) is 7.57. The van der Waals surface area contributed by atoms with Gasteiger partial charge in [-0.05, 0) is 18.2 Å². The SMILES string of the molecule is COC(=O)c1cc(OC)ccc1O[C@H]1O[C@@H](CO[C@@H]2OC[C@@H](O)[C@H](O)[C@@H]2O)[C@H](O)[C@@H](O)[C@@H]1O. The van der Waals surface area contributed by atoms with Crippen LogP contribution in [0.1, 0.15) is 10.4 Å². The van der Waals surface area contributed by atoms with Crippen molar-refractivity contribution in [3.8, 4) is 11.5 Å². The van der Waals surface area contributed by atoms with Gasteiger partial charge in [0.2, 0.25) is 6.29 Å². The minimum absolute atomic E-state index is 0.0349. The molecule has 1 aromatic rings. The third-order valence-electron chi connectivity index (χ3n) is 5.38. The average Bonchev–Trinajstić information content (AvgIpc) is 2.82. The molecule has 2 aliphatic rings. The zero-order valence-electron chi connectivity index (χ0n) is 17.9. The predicted molar refractivity (Wildman–Crippen MR) is 105 cm³/mol. The largest absolute Gasteiger partial charge is 0.497 e. The van der Waals surface area contributed by atoms with Gasteiger partial charge in [0.1, 0.15) is 59.8 Å². The van der Waals surface area contributed by atoms with Crippen LogP contribution in [0.15, 0.2) is 18.2 Å². The summed E-state index contributed by atoms with van der Waals surface area (Å²) in [5.74, 6) is -0.454. The van der Waals surface area contributed by atoms with Crippen LogP contribution in [0.5, 0.6) is 11.5 Å². The first-order chi connectivity index (χ1) is 15.7. The highest BCUT2D eigenvalue weighted by molar-refractivity contribution is 5.93. The molecule has 0 radical (unpaired) electrons. The van der Waals surface area contributed by atoms with Gasteiger partial charge in [0.25, 0.3) is 0 Å². The fourth-order valence-corrected chi connectivity index (χ4v) is 3.40. The molecule has 0 amide bonds. The van der Waals surface area contributed by atoms with Crippen LogP contribution < -0.4 is 9.47 Å². The molecule has 0 unspecified atom stereocenters. The van der Waals surface area contributed by atoms with Crippen LogP contribution in [0.3, 0.4) is 0 Å². The van der Waals surface area contributed by atoms with Gasteiger partial charge in [0.15, 0.2) is 6.29 Å². The second kappa shape index (κ2) is 10.9. The fraction of sp³-hybridized carbons (Fsp3) is 0.650. The molecule has 13 nitrogen and oxygen atoms in total. The van der Waals surface area contributed by atoms with Gasteiger partial charge >= 0.3 is 5.97 Å². The van der Waals surface area contributed by atoms with Crippen LogP contribution in [0.4, 0.5) is 0 Å². The monoisotopic (exact) mass is 476 g/mol. The summed E-state index contributed by atoms with van der Waals surface area (Å²) in [6, 6.07) is 4.22. The maximum absolute atomic E-state index is 12.1. The quantitative estimate of drug-likeness (QED) is 0.220. The molecule has 0 spiro atoms. The van der Waals surface area contributed by atoms with E-state index in [1.807, 2.05) is 0 Å². The van der Waals surface area contributed by atoms with Crippen LogP contribution in [0, 0.1) is 0 Å². The molecule has 2 fully saturated rings. The number of rotatable bonds is 7. The summed E-state index contributed by atoms with van der Waals surface area (Å²) in [6.07, 6.45) is -13.5. The van der Waals surface area contributed by atoms with Crippen molar-refractivity contribution in [2.24, 2.45) is 0 Å². The molecule has 13 heteroatoms. The molecule has 1 aromatic carbocycles. The Hall–Kier alpha value is -2.07. The standard InChI is InChI=1S/C20H28O13/c1-28-8-3-4-11(9(5-8)18(27)29-2)32-20-17(26)15(24)14(23)12(33-20)7-31-19-16(25)13(22)10(21)6-30-19/h3-5,10,12-17,19-26H,6-7H2,1-2H3/t10-,12+,13+,14+,15-,16+,17+,19+,20+/m1/s1. The first-order valence-corrected chi connectivity index (χ1v) is 10.1. The molecule has 2 saturated heterocycles. The molecule has 186 valence electrons. The number of methoxy groups -OCH3 is 2. The zero-order valence-corrected chi connectivity index (χ0v) is 17.9. The molecule has 0 aromatic heterocycles. The van der Waals surface area contributed by atoms with E-state index in [2.05, 4.69) is 0 Å². The maximum atomic E-state index is 12.1. The van der Waals surface area contributed by atoms with Crippen LogP contribution in [0.2, 0.25) is 0 Å². The lowest BCUT2D eigenvalue weighted by Crippen LogP contribution is -2.61. The summed E-state index contributed by atoms with van der Waals surface area (Å²) in [7, 11) is 2.57. The van der Waals surface area contributed by atoms with Gasteiger partial charge in [-0.1, -0.05) is 0 Å². The molecule has 2 heterocycles. The summed E-state index contributed by atoms with van der Waals surface area (Å²) in [5.41, 5.74) is -0.0349. The third kappa shape index (κ3) is 5.54. The topological polar surface area (TPSA) is 194 Å². The Morgan fingerprint density at radius 2 is 1.67 bits per heavy atom. The molecule has 0 bridgehead atoms. The lowest BCUT2D eigenvalue weighted by molar-refractivity contribution is -0.307. The Kier molecular flexibility index (Phi) is 8.44. The van der Waals surface area contributed by atoms with Crippen LogP contribution in [-0.2, 0) is 18.9 Å². The predicted octanol–water partition coefficient (Wildman–Crippen LogP) is -2.88. The zero-order chi connectivity index (χ0) is 24.3. The van der Waals surface area contributed by atoms with E-state index < -0.39 is 67.9 Å². The van der Waals surface area contributed by atoms with Crippen molar-refractivity contribution in [1.29, 1.82) is 0 Å². The summed E-state index contributed by atoms with van der Waals surface area (Å²) < 4.78 is 31.4. The lowest BCUT2D eigenvalue weighted by atomic mass is 9.99. The minimum atomic E-state index is -1.71. The van der Waals surface area contributed by atoms with E-state index in [4.69, 9.17) is 28.4 Å². The van der Waals surface area contributed by atoms with Crippen molar-refractivity contribution < 1.29 is 63.9 Å². The van der Waals surface area contributed by atoms with Gasteiger partial charge in [0, 0.05) is 0 Å². The molecule has 3 rings (SSSR count). The molecule has 6 N–H and O–H groups in total. The van der Waals surface area contributed by atoms with Crippen LogP contribution in [-0.4, -0.2) is 119 Å². The van der Waals surface area contributed by atoms with E-state index in [0.29, 0.717) is 5.75 Å². The highest BCUT2D eigenvalue weighted by Crippen LogP contribution is 2.30. The van der Waals surface area contributed by atoms with Crippen molar-refractivity contribution in [2.45, 2.75) is 55.3 Å². The molecular weight excluding hydrogens is 448 g/mol. The van der Waals surface area contributed by atoms with Gasteiger partial charge in [-0.15, -0.1) is 0 Å². The molecular formula is C20H28O13. The molecule has 9 atom stereocenters. The van der Waals surface area contributed by atoms with Gasteiger partial charge in [-0.3, -0.25) is 0 Å². The summed E-state index contributed by atoms with van der Waals surface area (Å²) in [4.78, 5) is 12.1. The normalized spacial score (nSPS) is 36.8. The number of esters is 1. The van der Waals surface area contributed by atoms with E-state index in [1.54, 1.807) is 0 Å². The number of benzene rings is 1. The minimum Gasteiger partial charge on any atom is -0.497 e. The number of hydrogen-bond acceptors (Lipinski definition) is 13. The van der Waals surface area contributed by atoms with Crippen molar-refractivity contribution in [3.05, 3.63) is 23.8 Å². The Morgan fingerprint density at radius 1 is 0.970 bits per heavy atom.